The van der Waals surface area contributed by atoms with Gasteiger partial charge in [-0.25, -0.2) is 0 Å². The van der Waals surface area contributed by atoms with Crippen molar-refractivity contribution in [3.8, 4) is 0 Å². The second kappa shape index (κ2) is 7.12. The summed E-state index contributed by atoms with van der Waals surface area (Å²) in [5, 5.41) is 41.9. The number of hydrogen-bond acceptors (Lipinski definition) is 5. The maximum Gasteiger partial charge on any atom is 0.193 e. The van der Waals surface area contributed by atoms with Crippen molar-refractivity contribution in [3.05, 3.63) is 117 Å². The van der Waals surface area contributed by atoms with Crippen molar-refractivity contribution in [1.29, 1.82) is 21.6 Å². The van der Waals surface area contributed by atoms with Crippen LogP contribution in [0.3, 0.4) is 0 Å². The van der Waals surface area contributed by atoms with E-state index in [-0.39, 0.29) is 26.9 Å². The number of benzene rings is 5. The summed E-state index contributed by atoms with van der Waals surface area (Å²) in [5.41, 5.74) is -0.249. The molecule has 0 aliphatic heterocycles. The monoisotopic (exact) mass is 438 g/mol. The fourth-order valence-electron chi connectivity index (χ4n) is 4.87. The Hall–Kier alpha value is -4.77. The number of hydrogen-bond donors (Lipinski definition) is 4. The lowest BCUT2D eigenvalue weighted by Gasteiger charge is -2.07. The molecule has 0 aliphatic carbocycles. The SMILES string of the molecule is N=c1c2ccc(cc2)c(=O)c2ccc(c(=N)c3ccccc13)c1c(=N)c3ccccc3c(=N)c21. The van der Waals surface area contributed by atoms with E-state index in [1.807, 2.05) is 30.3 Å². The largest absolute Gasteiger partial charge is 0.300 e. The second-order valence-corrected chi connectivity index (χ2v) is 8.41. The van der Waals surface area contributed by atoms with Gasteiger partial charge in [0, 0.05) is 53.9 Å². The minimum Gasteiger partial charge on any atom is -0.300 e. The molecule has 0 atom stereocenters. The Bertz CT molecular complexity index is 2150. The molecule has 0 spiro atoms. The molecular formula is C29H18N4O. The van der Waals surface area contributed by atoms with Crippen molar-refractivity contribution in [2.45, 2.75) is 0 Å². The quantitative estimate of drug-likeness (QED) is 0.262. The van der Waals surface area contributed by atoms with Crippen LogP contribution < -0.4 is 26.9 Å². The molecule has 5 nitrogen and oxygen atoms in total. The maximum absolute atomic E-state index is 13.6. The minimum absolute atomic E-state index is 0.155. The summed E-state index contributed by atoms with van der Waals surface area (Å²) in [6.07, 6.45) is 0. The minimum atomic E-state index is -0.249. The van der Waals surface area contributed by atoms with E-state index in [4.69, 9.17) is 21.6 Å². The van der Waals surface area contributed by atoms with Crippen LogP contribution in [0.5, 0.6) is 0 Å². The zero-order valence-electron chi connectivity index (χ0n) is 18.0. The average molecular weight is 438 g/mol. The molecule has 8 aromatic carbocycles. The number of rotatable bonds is 0. The third kappa shape index (κ3) is 2.64. The lowest BCUT2D eigenvalue weighted by Crippen LogP contribution is -2.17. The Kier molecular flexibility index (Phi) is 4.16. The van der Waals surface area contributed by atoms with Gasteiger partial charge in [-0.2, -0.15) is 0 Å². The summed E-state index contributed by atoms with van der Waals surface area (Å²) < 4.78 is 0. The van der Waals surface area contributed by atoms with E-state index in [2.05, 4.69) is 0 Å². The van der Waals surface area contributed by atoms with Gasteiger partial charge in [-0.3, -0.25) is 26.4 Å². The Morgan fingerprint density at radius 1 is 0.382 bits per heavy atom. The Balaban J connectivity index is 2.15. The summed E-state index contributed by atoms with van der Waals surface area (Å²) in [6.45, 7) is 0. The maximum atomic E-state index is 13.6. The first-order valence-electron chi connectivity index (χ1n) is 10.8. The standard InChI is InChI=1S/C29H18N4O/c30-25-15-9-11-16(12-10-15)29(34)22-14-13-21(26(31)18-6-2-1-5-17(18)25)23-24(22)28(33)20-8-4-3-7-19(20)27(23)32/h1-14,30-33H. The normalized spacial score (nSPS) is 11.5. The molecule has 0 saturated heterocycles. The molecule has 0 radical (unpaired) electrons. The molecule has 0 aromatic heterocycles. The van der Waals surface area contributed by atoms with E-state index in [0.29, 0.717) is 53.9 Å². The first-order chi connectivity index (χ1) is 16.5. The van der Waals surface area contributed by atoms with Crippen LogP contribution in [0.1, 0.15) is 0 Å². The highest BCUT2D eigenvalue weighted by molar-refractivity contribution is 6.13. The van der Waals surface area contributed by atoms with Crippen molar-refractivity contribution in [2.75, 3.05) is 0 Å². The topological polar surface area (TPSA) is 112 Å². The fraction of sp³-hybridized carbons (Fsp3) is 0. The molecule has 0 aliphatic rings. The van der Waals surface area contributed by atoms with Crippen LogP contribution in [0.4, 0.5) is 0 Å². The molecule has 4 bridgehead atoms. The first-order valence-corrected chi connectivity index (χ1v) is 10.8. The van der Waals surface area contributed by atoms with Crippen LogP contribution in [0.2, 0.25) is 0 Å². The highest BCUT2D eigenvalue weighted by Crippen LogP contribution is 2.20. The van der Waals surface area contributed by atoms with Crippen molar-refractivity contribution < 1.29 is 0 Å². The summed E-state index contributed by atoms with van der Waals surface area (Å²) in [6, 6.07) is 24.8. The van der Waals surface area contributed by atoms with Crippen molar-refractivity contribution in [1.82, 2.24) is 0 Å². The fourth-order valence-corrected chi connectivity index (χ4v) is 4.87. The highest BCUT2D eigenvalue weighted by Gasteiger charge is 2.13. The molecule has 0 saturated carbocycles. The van der Waals surface area contributed by atoms with Crippen LogP contribution in [0.25, 0.3) is 53.9 Å². The van der Waals surface area contributed by atoms with Gasteiger partial charge in [-0.1, -0.05) is 78.9 Å². The zero-order valence-corrected chi connectivity index (χ0v) is 18.0. The molecule has 5 heteroatoms. The molecule has 4 N–H and O–H groups in total. The predicted molar refractivity (Wildman–Crippen MR) is 135 cm³/mol. The highest BCUT2D eigenvalue weighted by atomic mass is 16.1. The molecule has 8 aromatic rings. The van der Waals surface area contributed by atoms with Crippen LogP contribution >= 0.6 is 0 Å². The van der Waals surface area contributed by atoms with E-state index in [1.165, 1.54) is 0 Å². The molecule has 0 amide bonds. The smallest absolute Gasteiger partial charge is 0.193 e. The van der Waals surface area contributed by atoms with E-state index >= 15 is 0 Å². The van der Waals surface area contributed by atoms with E-state index < -0.39 is 0 Å². The predicted octanol–water partition coefficient (Wildman–Crippen LogP) is 4.17. The van der Waals surface area contributed by atoms with E-state index in [9.17, 15) is 4.79 Å². The Morgan fingerprint density at radius 3 is 1.35 bits per heavy atom. The van der Waals surface area contributed by atoms with Gasteiger partial charge in [-0.15, -0.1) is 0 Å². The number of nitrogens with one attached hydrogen (secondary N) is 4. The van der Waals surface area contributed by atoms with Crippen LogP contribution in [0, 0.1) is 21.6 Å². The first kappa shape index (κ1) is 19.9. The van der Waals surface area contributed by atoms with Gasteiger partial charge < -0.3 is 0 Å². The molecule has 0 heterocycles. The zero-order chi connectivity index (χ0) is 23.6. The molecule has 34 heavy (non-hydrogen) atoms. The summed E-state index contributed by atoms with van der Waals surface area (Å²) in [5.74, 6) is 0. The van der Waals surface area contributed by atoms with Gasteiger partial charge in [-0.05, 0) is 6.07 Å². The number of fused-ring (bicyclic) bond motifs is 2. The van der Waals surface area contributed by atoms with Gasteiger partial charge in [0.25, 0.3) is 0 Å². The summed E-state index contributed by atoms with van der Waals surface area (Å²) in [4.78, 5) is 13.6. The average Bonchev–Trinajstić information content (AvgIpc) is 2.90. The van der Waals surface area contributed by atoms with Crippen molar-refractivity contribution in [3.63, 3.8) is 0 Å². The van der Waals surface area contributed by atoms with E-state index in [0.717, 1.165) is 0 Å². The van der Waals surface area contributed by atoms with Gasteiger partial charge in [0.2, 0.25) is 0 Å². The summed E-state index contributed by atoms with van der Waals surface area (Å²) >= 11 is 0. The van der Waals surface area contributed by atoms with Gasteiger partial charge in [0.05, 0.1) is 21.4 Å². The summed E-state index contributed by atoms with van der Waals surface area (Å²) in [7, 11) is 0. The molecule has 160 valence electrons. The third-order valence-corrected chi connectivity index (χ3v) is 6.59. The van der Waals surface area contributed by atoms with Crippen LogP contribution in [-0.4, -0.2) is 0 Å². The molecule has 0 unspecified atom stereocenters. The van der Waals surface area contributed by atoms with Gasteiger partial charge in [0.1, 0.15) is 0 Å². The lowest BCUT2D eigenvalue weighted by atomic mass is 9.95. The lowest BCUT2D eigenvalue weighted by molar-refractivity contribution is 1.30. The Morgan fingerprint density at radius 2 is 0.794 bits per heavy atom. The molecule has 8 rings (SSSR count). The molecule has 0 fully saturated rings. The van der Waals surface area contributed by atoms with Crippen molar-refractivity contribution >= 4 is 53.9 Å². The molecular weight excluding hydrogens is 420 g/mol. The second-order valence-electron chi connectivity index (χ2n) is 8.41. The van der Waals surface area contributed by atoms with Crippen molar-refractivity contribution in [2.24, 2.45) is 0 Å². The van der Waals surface area contributed by atoms with Crippen LogP contribution in [0.15, 0.2) is 89.7 Å². The van der Waals surface area contributed by atoms with Crippen LogP contribution in [-0.2, 0) is 0 Å². The van der Waals surface area contributed by atoms with Gasteiger partial charge >= 0.3 is 0 Å². The Labute approximate surface area is 192 Å². The third-order valence-electron chi connectivity index (χ3n) is 6.59. The van der Waals surface area contributed by atoms with Gasteiger partial charge in [0.15, 0.2) is 5.43 Å². The van der Waals surface area contributed by atoms with E-state index in [1.54, 1.807) is 54.6 Å².